The van der Waals surface area contributed by atoms with Gasteiger partial charge in [0.25, 0.3) is 0 Å². The van der Waals surface area contributed by atoms with Gasteiger partial charge in [-0.3, -0.25) is 4.68 Å². The van der Waals surface area contributed by atoms with Crippen molar-refractivity contribution in [1.29, 1.82) is 0 Å². The lowest BCUT2D eigenvalue weighted by Crippen LogP contribution is -2.60. The van der Waals surface area contributed by atoms with E-state index in [-0.39, 0.29) is 34.6 Å². The molecule has 230 valence electrons. The second-order valence-electron chi connectivity index (χ2n) is 12.8. The van der Waals surface area contributed by atoms with Gasteiger partial charge in [-0.05, 0) is 65.2 Å². The van der Waals surface area contributed by atoms with Gasteiger partial charge in [0.05, 0.1) is 38.8 Å². The van der Waals surface area contributed by atoms with Crippen molar-refractivity contribution in [2.75, 3.05) is 33.2 Å². The normalized spacial score (nSPS) is 23.2. The fraction of sp³-hybridized carbons (Fsp3) is 0.613. The van der Waals surface area contributed by atoms with E-state index in [0.29, 0.717) is 13.0 Å². The van der Waals surface area contributed by atoms with Crippen molar-refractivity contribution in [3.63, 3.8) is 0 Å². The molecule has 1 saturated heterocycles. The highest BCUT2D eigenvalue weighted by Gasteiger charge is 2.47. The third-order valence-corrected chi connectivity index (χ3v) is 8.87. The molecule has 3 atom stereocenters. The highest BCUT2D eigenvalue weighted by atomic mass is 16.6. The summed E-state index contributed by atoms with van der Waals surface area (Å²) in [6.07, 6.45) is 4.86. The average molecular weight is 584 g/mol. The number of rotatable bonds is 7. The molecule has 1 fully saturated rings. The first-order valence-corrected chi connectivity index (χ1v) is 15.0. The number of nitrogens with one attached hydrogen (secondary N) is 1. The second kappa shape index (κ2) is 12.4. The molecule has 3 heterocycles. The van der Waals surface area contributed by atoms with Crippen LogP contribution in [0.3, 0.4) is 0 Å². The van der Waals surface area contributed by atoms with Crippen molar-refractivity contribution in [2.45, 2.75) is 91.1 Å². The van der Waals surface area contributed by atoms with Gasteiger partial charge >= 0.3 is 18.1 Å². The predicted molar refractivity (Wildman–Crippen MR) is 162 cm³/mol. The predicted octanol–water partition coefficient (Wildman–Crippen LogP) is 4.86. The van der Waals surface area contributed by atoms with Gasteiger partial charge < -0.3 is 25.0 Å². The van der Waals surface area contributed by atoms with E-state index in [9.17, 15) is 19.5 Å². The molecule has 3 amide bonds. The van der Waals surface area contributed by atoms with E-state index in [0.717, 1.165) is 61.4 Å². The van der Waals surface area contributed by atoms with E-state index in [1.54, 1.807) is 6.92 Å². The Kier molecular flexibility index (Phi) is 9.32. The van der Waals surface area contributed by atoms with Crippen molar-refractivity contribution >= 4 is 23.8 Å². The third-order valence-electron chi connectivity index (χ3n) is 8.87. The first-order valence-electron chi connectivity index (χ1n) is 15.0. The molecule has 4 rings (SSSR count). The Hall–Kier alpha value is -3.44. The van der Waals surface area contributed by atoms with Gasteiger partial charge in [-0.2, -0.15) is 5.10 Å². The lowest BCUT2D eigenvalue weighted by molar-refractivity contribution is -0.129. The number of aromatic nitrogens is 2. The molecular formula is C31H47N6O5+. The molecule has 1 aromatic heterocycles. The van der Waals surface area contributed by atoms with Crippen molar-refractivity contribution in [1.82, 2.24) is 29.4 Å². The molecule has 2 aromatic rings. The Morgan fingerprint density at radius 2 is 1.86 bits per heavy atom. The molecule has 1 aromatic carbocycles. The number of amides is 3. The van der Waals surface area contributed by atoms with Gasteiger partial charge in [-0.25, -0.2) is 18.9 Å². The van der Waals surface area contributed by atoms with Crippen LogP contribution in [0.15, 0.2) is 30.6 Å². The largest absolute Gasteiger partial charge is 0.465 e. The van der Waals surface area contributed by atoms with E-state index >= 15 is 0 Å². The SMILES string of the molecule is CCN(C(=O)O)C1C[C@H](C)[N@+](C)(C(C)=O)c2ccc(-c3cnn(CCN4CCC(NC(=O)OC(C)(C)C)CC4)c3)cc21. The summed E-state index contributed by atoms with van der Waals surface area (Å²) in [6.45, 7) is 14.8. The number of likely N-dealkylation sites (tertiary alicyclic amines) is 1. The van der Waals surface area contributed by atoms with Crippen LogP contribution in [0.2, 0.25) is 0 Å². The number of fused-ring (bicyclic) bond motifs is 1. The summed E-state index contributed by atoms with van der Waals surface area (Å²) in [7, 11) is 1.92. The monoisotopic (exact) mass is 583 g/mol. The topological polar surface area (TPSA) is 117 Å². The minimum absolute atomic E-state index is 0.0331. The van der Waals surface area contributed by atoms with Crippen molar-refractivity contribution in [3.8, 4) is 11.1 Å². The van der Waals surface area contributed by atoms with Gasteiger partial charge in [-0.15, -0.1) is 0 Å². The minimum Gasteiger partial charge on any atom is -0.465 e. The number of piperidine rings is 1. The van der Waals surface area contributed by atoms with Crippen LogP contribution in [0, 0.1) is 0 Å². The number of benzene rings is 1. The van der Waals surface area contributed by atoms with Crippen LogP contribution in [0.25, 0.3) is 11.1 Å². The molecule has 0 spiro atoms. The molecule has 2 N–H and O–H groups in total. The van der Waals surface area contributed by atoms with Crippen molar-refractivity contribution in [2.24, 2.45) is 0 Å². The highest BCUT2D eigenvalue weighted by Crippen LogP contribution is 2.45. The van der Waals surface area contributed by atoms with E-state index in [4.69, 9.17) is 4.74 Å². The van der Waals surface area contributed by atoms with Gasteiger partial charge in [0, 0.05) is 62.0 Å². The zero-order chi connectivity index (χ0) is 30.8. The van der Waals surface area contributed by atoms with Crippen LogP contribution in [0.1, 0.15) is 72.4 Å². The minimum atomic E-state index is -0.956. The number of carboxylic acid groups (broad SMARTS) is 1. The van der Waals surface area contributed by atoms with Gasteiger partial charge in [-0.1, -0.05) is 0 Å². The molecular weight excluding hydrogens is 536 g/mol. The van der Waals surface area contributed by atoms with Crippen LogP contribution in [0.4, 0.5) is 15.3 Å². The van der Waals surface area contributed by atoms with Gasteiger partial charge in [0.1, 0.15) is 11.3 Å². The summed E-state index contributed by atoms with van der Waals surface area (Å²) in [5, 5.41) is 17.5. The smallest absolute Gasteiger partial charge is 0.407 e. The summed E-state index contributed by atoms with van der Waals surface area (Å²) in [4.78, 5) is 40.9. The zero-order valence-corrected chi connectivity index (χ0v) is 26.1. The van der Waals surface area contributed by atoms with Gasteiger partial charge in [0.15, 0.2) is 0 Å². The zero-order valence-electron chi connectivity index (χ0n) is 26.1. The van der Waals surface area contributed by atoms with Crippen LogP contribution in [0.5, 0.6) is 0 Å². The summed E-state index contributed by atoms with van der Waals surface area (Å²) >= 11 is 0. The van der Waals surface area contributed by atoms with E-state index < -0.39 is 11.7 Å². The number of nitrogens with zero attached hydrogens (tertiary/aromatic N) is 5. The van der Waals surface area contributed by atoms with Crippen LogP contribution in [-0.4, -0.2) is 93.7 Å². The molecule has 1 unspecified atom stereocenters. The summed E-state index contributed by atoms with van der Waals surface area (Å²) < 4.78 is 7.46. The number of ether oxygens (including phenoxy) is 1. The van der Waals surface area contributed by atoms with Gasteiger partial charge in [0.2, 0.25) is 0 Å². The molecule has 2 aliphatic rings. The number of carbonyl (C=O) groups is 3. The Labute approximate surface area is 249 Å². The second-order valence-corrected chi connectivity index (χ2v) is 12.8. The van der Waals surface area contributed by atoms with Crippen molar-refractivity contribution < 1.29 is 24.2 Å². The Bertz CT molecular complexity index is 1290. The lowest BCUT2D eigenvalue weighted by atomic mass is 9.86. The molecule has 42 heavy (non-hydrogen) atoms. The molecule has 0 saturated carbocycles. The van der Waals surface area contributed by atoms with Crippen LogP contribution >= 0.6 is 0 Å². The molecule has 0 radical (unpaired) electrons. The first kappa shape index (κ1) is 31.5. The number of hydrogen-bond acceptors (Lipinski definition) is 6. The van der Waals surface area contributed by atoms with Crippen molar-refractivity contribution in [3.05, 3.63) is 36.2 Å². The number of alkyl carbamates (subject to hydrolysis) is 1. The summed E-state index contributed by atoms with van der Waals surface area (Å²) in [6, 6.07) is 5.77. The standard InChI is InChI=1S/C31H46N6O5/c1-8-36(30(40)41)27-17-21(2)37(7,22(3)38)28-10-9-23(18-26(27)28)24-19-32-35(20-24)16-15-34-13-11-25(12-14-34)33-29(39)42-31(4,5)6/h9-10,18-21,25,27H,8,11-17H2,1-7H3,(H-,33,39,40,41)/p+1/t21-,27?,37+/m0/s1. The number of carbonyl (C=O) groups excluding carboxylic acids is 2. The Balaban J connectivity index is 1.44. The molecule has 2 aliphatic heterocycles. The fourth-order valence-electron chi connectivity index (χ4n) is 6.24. The Morgan fingerprint density at radius 3 is 2.45 bits per heavy atom. The Morgan fingerprint density at radius 1 is 1.17 bits per heavy atom. The molecule has 0 bridgehead atoms. The summed E-state index contributed by atoms with van der Waals surface area (Å²) in [5.74, 6) is 0.0331. The summed E-state index contributed by atoms with van der Waals surface area (Å²) in [5.41, 5.74) is 3.13. The van der Waals surface area contributed by atoms with Crippen LogP contribution < -0.4 is 9.80 Å². The molecule has 0 aliphatic carbocycles. The maximum absolute atomic E-state index is 12.9. The maximum Gasteiger partial charge on any atom is 0.407 e. The van der Waals surface area contributed by atoms with Crippen LogP contribution in [-0.2, 0) is 16.1 Å². The fourth-order valence-corrected chi connectivity index (χ4v) is 6.24. The number of quaternary nitrogens is 1. The van der Waals surface area contributed by atoms with E-state index in [1.165, 1.54) is 4.90 Å². The quantitative estimate of drug-likeness (QED) is 0.447. The third kappa shape index (κ3) is 6.78. The number of hydrogen-bond donors (Lipinski definition) is 2. The van der Waals surface area contributed by atoms with E-state index in [2.05, 4.69) is 15.3 Å². The maximum atomic E-state index is 12.9. The lowest BCUT2D eigenvalue weighted by Gasteiger charge is -2.45. The first-order chi connectivity index (χ1) is 19.7. The average Bonchev–Trinajstić information content (AvgIpc) is 3.39. The molecule has 11 nitrogen and oxygen atoms in total. The highest BCUT2D eigenvalue weighted by molar-refractivity contribution is 5.89. The molecule has 11 heteroatoms. The van der Waals surface area contributed by atoms with E-state index in [1.807, 2.05) is 76.9 Å².